The predicted molar refractivity (Wildman–Crippen MR) is 101 cm³/mol. The molecule has 4 heteroatoms. The first kappa shape index (κ1) is 17.9. The van der Waals surface area contributed by atoms with Gasteiger partial charge in [-0.05, 0) is 47.9 Å². The molecule has 1 aliphatic heterocycles. The van der Waals surface area contributed by atoms with Crippen molar-refractivity contribution in [1.29, 1.82) is 0 Å². The number of aliphatic hydroxyl groups is 1. The first-order chi connectivity index (χ1) is 11.5. The number of halogens is 1. The molecule has 1 heterocycles. The summed E-state index contributed by atoms with van der Waals surface area (Å²) < 4.78 is 0. The molecule has 1 fully saturated rings. The van der Waals surface area contributed by atoms with Crippen molar-refractivity contribution in [2.24, 2.45) is 5.41 Å². The molecule has 0 bridgehead atoms. The molecule has 1 aromatic carbocycles. The van der Waals surface area contributed by atoms with E-state index in [-0.39, 0.29) is 12.6 Å². The lowest BCUT2D eigenvalue weighted by Crippen LogP contribution is -2.52. The van der Waals surface area contributed by atoms with Crippen LogP contribution < -0.4 is 5.32 Å². The average Bonchev–Trinajstić information content (AvgIpc) is 2.56. The molecule has 0 aromatic heterocycles. The number of allylic oxidation sites excluding steroid dienone is 1. The molecule has 24 heavy (non-hydrogen) atoms. The van der Waals surface area contributed by atoms with Crippen LogP contribution in [0.2, 0.25) is 5.02 Å². The van der Waals surface area contributed by atoms with Crippen LogP contribution in [0.4, 0.5) is 0 Å². The van der Waals surface area contributed by atoms with Gasteiger partial charge in [-0.3, -0.25) is 4.90 Å². The molecule has 0 amide bonds. The van der Waals surface area contributed by atoms with Crippen LogP contribution >= 0.6 is 11.6 Å². The lowest BCUT2D eigenvalue weighted by Gasteiger charge is -2.38. The molecule has 1 aliphatic carbocycles. The summed E-state index contributed by atoms with van der Waals surface area (Å²) in [5.41, 5.74) is 4.76. The highest BCUT2D eigenvalue weighted by Crippen LogP contribution is 2.42. The second kappa shape index (κ2) is 7.57. The molecule has 3 rings (SSSR count). The minimum Gasteiger partial charge on any atom is -0.395 e. The van der Waals surface area contributed by atoms with E-state index in [1.54, 1.807) is 5.57 Å². The van der Waals surface area contributed by atoms with Crippen molar-refractivity contribution in [3.8, 4) is 0 Å². The maximum atomic E-state index is 9.44. The van der Waals surface area contributed by atoms with Gasteiger partial charge >= 0.3 is 0 Å². The van der Waals surface area contributed by atoms with Crippen LogP contribution in [0.15, 0.2) is 29.8 Å². The third-order valence-corrected chi connectivity index (χ3v) is 5.59. The van der Waals surface area contributed by atoms with E-state index in [4.69, 9.17) is 11.6 Å². The normalized spacial score (nSPS) is 25.1. The quantitative estimate of drug-likeness (QED) is 0.873. The molecule has 1 atom stereocenters. The van der Waals surface area contributed by atoms with Crippen molar-refractivity contribution in [1.82, 2.24) is 10.2 Å². The average molecular weight is 349 g/mol. The van der Waals surface area contributed by atoms with Crippen LogP contribution in [0.3, 0.4) is 0 Å². The number of rotatable bonds is 4. The van der Waals surface area contributed by atoms with E-state index >= 15 is 0 Å². The zero-order chi connectivity index (χ0) is 17.2. The van der Waals surface area contributed by atoms with E-state index < -0.39 is 0 Å². The molecule has 1 saturated heterocycles. The molecule has 0 saturated carbocycles. The Balaban J connectivity index is 1.84. The molecule has 3 nitrogen and oxygen atoms in total. The van der Waals surface area contributed by atoms with E-state index in [9.17, 15) is 5.11 Å². The van der Waals surface area contributed by atoms with Gasteiger partial charge in [0.1, 0.15) is 0 Å². The van der Waals surface area contributed by atoms with E-state index in [1.807, 2.05) is 12.1 Å². The van der Waals surface area contributed by atoms with Gasteiger partial charge in [0, 0.05) is 37.2 Å². The van der Waals surface area contributed by atoms with Gasteiger partial charge < -0.3 is 10.4 Å². The number of nitrogens with one attached hydrogen (secondary N) is 1. The molecule has 1 aromatic rings. The zero-order valence-electron chi connectivity index (χ0n) is 14.8. The van der Waals surface area contributed by atoms with Crippen molar-refractivity contribution in [2.75, 3.05) is 32.8 Å². The van der Waals surface area contributed by atoms with Crippen LogP contribution in [-0.2, 0) is 0 Å². The summed E-state index contributed by atoms with van der Waals surface area (Å²) in [4.78, 5) is 2.49. The van der Waals surface area contributed by atoms with E-state index in [0.29, 0.717) is 5.41 Å². The smallest absolute Gasteiger partial charge is 0.0597 e. The third kappa shape index (κ3) is 4.40. The van der Waals surface area contributed by atoms with E-state index in [0.717, 1.165) is 44.0 Å². The molecule has 1 unspecified atom stereocenters. The lowest BCUT2D eigenvalue weighted by atomic mass is 9.72. The highest BCUT2D eigenvalue weighted by atomic mass is 35.5. The van der Waals surface area contributed by atoms with Gasteiger partial charge in [0.2, 0.25) is 0 Å². The van der Waals surface area contributed by atoms with Gasteiger partial charge in [-0.2, -0.15) is 0 Å². The summed E-state index contributed by atoms with van der Waals surface area (Å²) in [5, 5.41) is 13.6. The van der Waals surface area contributed by atoms with Gasteiger partial charge in [0.05, 0.1) is 6.61 Å². The molecule has 2 aliphatic rings. The maximum Gasteiger partial charge on any atom is 0.0597 e. The van der Waals surface area contributed by atoms with Crippen molar-refractivity contribution in [3.63, 3.8) is 0 Å². The highest BCUT2D eigenvalue weighted by Gasteiger charge is 2.29. The van der Waals surface area contributed by atoms with Crippen LogP contribution in [-0.4, -0.2) is 48.8 Å². The zero-order valence-corrected chi connectivity index (χ0v) is 15.6. The fourth-order valence-electron chi connectivity index (χ4n) is 3.99. The third-order valence-electron chi connectivity index (χ3n) is 5.34. The highest BCUT2D eigenvalue weighted by molar-refractivity contribution is 6.30. The monoisotopic (exact) mass is 348 g/mol. The Morgan fingerprint density at radius 2 is 2.04 bits per heavy atom. The van der Waals surface area contributed by atoms with Crippen molar-refractivity contribution < 1.29 is 5.11 Å². The second-order valence-electron chi connectivity index (χ2n) is 8.00. The molecular weight excluding hydrogens is 320 g/mol. The van der Waals surface area contributed by atoms with Crippen LogP contribution in [0.1, 0.15) is 38.7 Å². The summed E-state index contributed by atoms with van der Waals surface area (Å²) in [5.74, 6) is 0. The number of nitrogens with zero attached hydrogens (tertiary/aromatic N) is 1. The molecule has 2 N–H and O–H groups in total. The Labute approximate surface area is 150 Å². The summed E-state index contributed by atoms with van der Waals surface area (Å²) in [6.07, 6.45) is 3.52. The summed E-state index contributed by atoms with van der Waals surface area (Å²) in [7, 11) is 0. The Kier molecular flexibility index (Phi) is 5.66. The number of hydrogen-bond acceptors (Lipinski definition) is 3. The predicted octanol–water partition coefficient (Wildman–Crippen LogP) is 3.57. The van der Waals surface area contributed by atoms with Crippen molar-refractivity contribution in [2.45, 2.75) is 39.2 Å². The van der Waals surface area contributed by atoms with Crippen LogP contribution in [0, 0.1) is 5.41 Å². The summed E-state index contributed by atoms with van der Waals surface area (Å²) in [6.45, 7) is 8.91. The van der Waals surface area contributed by atoms with Crippen LogP contribution in [0.25, 0.3) is 5.57 Å². The number of benzene rings is 1. The van der Waals surface area contributed by atoms with Gasteiger partial charge in [-0.25, -0.2) is 0 Å². The Morgan fingerprint density at radius 1 is 1.29 bits per heavy atom. The van der Waals surface area contributed by atoms with Crippen molar-refractivity contribution in [3.05, 3.63) is 40.4 Å². The molecule has 0 radical (unpaired) electrons. The Bertz CT molecular complexity index is 594. The number of piperazine rings is 1. The first-order valence-electron chi connectivity index (χ1n) is 9.00. The van der Waals surface area contributed by atoms with Gasteiger partial charge in [-0.1, -0.05) is 43.2 Å². The van der Waals surface area contributed by atoms with Gasteiger partial charge in [0.25, 0.3) is 0 Å². The minimum atomic E-state index is 0.204. The van der Waals surface area contributed by atoms with Crippen LogP contribution in [0.5, 0.6) is 0 Å². The van der Waals surface area contributed by atoms with Gasteiger partial charge in [-0.15, -0.1) is 0 Å². The topological polar surface area (TPSA) is 35.5 Å². The standard InChI is InChI=1S/C20H29ClN2O/c1-20(2)8-7-19(15-3-5-17(21)6-4-15)16(11-20)12-23-10-9-22-18(13-23)14-24/h3-6,18,22,24H,7-14H2,1-2H3. The van der Waals surface area contributed by atoms with E-state index in [2.05, 4.69) is 36.2 Å². The number of hydrogen-bond donors (Lipinski definition) is 2. The Hall–Kier alpha value is -0.870. The fourth-order valence-corrected chi connectivity index (χ4v) is 4.12. The van der Waals surface area contributed by atoms with Gasteiger partial charge in [0.15, 0.2) is 0 Å². The SMILES string of the molecule is CC1(C)CCC(c2ccc(Cl)cc2)=C(CN2CCNC(CO)C2)C1. The fraction of sp³-hybridized carbons (Fsp3) is 0.600. The molecule has 0 spiro atoms. The lowest BCUT2D eigenvalue weighted by molar-refractivity contribution is 0.153. The molecular formula is C20H29ClN2O. The largest absolute Gasteiger partial charge is 0.395 e. The summed E-state index contributed by atoms with van der Waals surface area (Å²) in [6, 6.07) is 8.51. The Morgan fingerprint density at radius 3 is 2.75 bits per heavy atom. The molecule has 132 valence electrons. The second-order valence-corrected chi connectivity index (χ2v) is 8.44. The maximum absolute atomic E-state index is 9.44. The van der Waals surface area contributed by atoms with E-state index in [1.165, 1.54) is 17.6 Å². The van der Waals surface area contributed by atoms with Crippen molar-refractivity contribution >= 4 is 17.2 Å². The summed E-state index contributed by atoms with van der Waals surface area (Å²) >= 11 is 6.07. The minimum absolute atomic E-state index is 0.204. The number of aliphatic hydroxyl groups excluding tert-OH is 1. The first-order valence-corrected chi connectivity index (χ1v) is 9.38.